The van der Waals surface area contributed by atoms with E-state index in [1.165, 1.54) is 0 Å². The van der Waals surface area contributed by atoms with Gasteiger partial charge in [0.1, 0.15) is 16.1 Å². The Hall–Kier alpha value is -1.13. The molecule has 2 rings (SSSR count). The molecule has 0 aliphatic rings. The number of rotatable bonds is 3. The van der Waals surface area contributed by atoms with E-state index in [9.17, 15) is 0 Å². The van der Waals surface area contributed by atoms with Gasteiger partial charge < -0.3 is 10.7 Å². The van der Waals surface area contributed by atoms with E-state index in [-0.39, 0.29) is 0 Å². The summed E-state index contributed by atoms with van der Waals surface area (Å²) in [5.74, 6) is 0.920. The van der Waals surface area contributed by atoms with Crippen molar-refractivity contribution < 1.29 is 0 Å². The average Bonchev–Trinajstić information content (AvgIpc) is 2.61. The molecule has 0 saturated heterocycles. The molecule has 0 atom stereocenters. The number of nitrogens with two attached hydrogens (primary N) is 1. The van der Waals surface area contributed by atoms with Gasteiger partial charge >= 0.3 is 0 Å². The second-order valence-corrected chi connectivity index (χ2v) is 4.04. The van der Waals surface area contributed by atoms with E-state index >= 15 is 0 Å². The number of imidazole rings is 1. The molecule has 1 aromatic heterocycles. The lowest BCUT2D eigenvalue weighted by Crippen LogP contribution is -2.03. The predicted molar refractivity (Wildman–Crippen MR) is 64.5 cm³/mol. The number of nitrogens with zero attached hydrogens (tertiary/aromatic N) is 1. The van der Waals surface area contributed by atoms with Crippen molar-refractivity contribution in [3.05, 3.63) is 40.8 Å². The standard InChI is InChI=1S/C11H12BrN3/c12-11-10(8-4-2-1-3-5-8)14-9(15-11)6-7-13/h1-5H,6-7,13H2,(H,14,15). The Kier molecular flexibility index (Phi) is 3.18. The Morgan fingerprint density at radius 2 is 2.00 bits per heavy atom. The molecule has 0 unspecified atom stereocenters. The monoisotopic (exact) mass is 265 g/mol. The molecule has 15 heavy (non-hydrogen) atoms. The van der Waals surface area contributed by atoms with Gasteiger partial charge in [-0.25, -0.2) is 4.98 Å². The first-order valence-electron chi connectivity index (χ1n) is 4.81. The molecule has 3 N–H and O–H groups in total. The van der Waals surface area contributed by atoms with Crippen LogP contribution in [0, 0.1) is 0 Å². The van der Waals surface area contributed by atoms with E-state index in [4.69, 9.17) is 5.73 Å². The smallest absolute Gasteiger partial charge is 0.110 e. The lowest BCUT2D eigenvalue weighted by Gasteiger charge is -1.95. The van der Waals surface area contributed by atoms with Gasteiger partial charge in [0.15, 0.2) is 0 Å². The molecule has 78 valence electrons. The molecular weight excluding hydrogens is 254 g/mol. The number of aromatic nitrogens is 2. The van der Waals surface area contributed by atoms with E-state index in [0.717, 1.165) is 28.1 Å². The van der Waals surface area contributed by atoms with Gasteiger partial charge in [-0.1, -0.05) is 30.3 Å². The summed E-state index contributed by atoms with van der Waals surface area (Å²) < 4.78 is 0.914. The molecule has 0 fully saturated rings. The summed E-state index contributed by atoms with van der Waals surface area (Å²) in [7, 11) is 0. The van der Waals surface area contributed by atoms with Crippen molar-refractivity contribution in [2.24, 2.45) is 5.73 Å². The van der Waals surface area contributed by atoms with Crippen LogP contribution < -0.4 is 5.73 Å². The summed E-state index contributed by atoms with van der Waals surface area (Å²) in [5.41, 5.74) is 7.53. The third-order valence-corrected chi connectivity index (χ3v) is 2.71. The Morgan fingerprint density at radius 1 is 1.27 bits per heavy atom. The van der Waals surface area contributed by atoms with Gasteiger partial charge in [0.2, 0.25) is 0 Å². The quantitative estimate of drug-likeness (QED) is 0.895. The zero-order valence-corrected chi connectivity index (χ0v) is 9.79. The zero-order valence-electron chi connectivity index (χ0n) is 8.20. The third-order valence-electron chi connectivity index (χ3n) is 2.14. The molecular formula is C11H12BrN3. The molecule has 0 aliphatic heterocycles. The van der Waals surface area contributed by atoms with Gasteiger partial charge in [-0.15, -0.1) is 0 Å². The number of benzene rings is 1. The van der Waals surface area contributed by atoms with Crippen LogP contribution in [0.4, 0.5) is 0 Å². The minimum Gasteiger partial charge on any atom is -0.336 e. The van der Waals surface area contributed by atoms with Gasteiger partial charge in [-0.2, -0.15) is 0 Å². The molecule has 0 spiro atoms. The molecule has 2 aromatic rings. The highest BCUT2D eigenvalue weighted by molar-refractivity contribution is 9.10. The van der Waals surface area contributed by atoms with Crippen LogP contribution in [0.1, 0.15) is 5.82 Å². The van der Waals surface area contributed by atoms with E-state index < -0.39 is 0 Å². The molecule has 0 bridgehead atoms. The Labute approximate surface area is 96.9 Å². The molecule has 1 heterocycles. The second-order valence-electron chi connectivity index (χ2n) is 3.25. The molecule has 0 amide bonds. The van der Waals surface area contributed by atoms with Crippen LogP contribution in [0.3, 0.4) is 0 Å². The van der Waals surface area contributed by atoms with E-state index in [1.54, 1.807) is 0 Å². The van der Waals surface area contributed by atoms with Gasteiger partial charge in [0, 0.05) is 12.0 Å². The highest BCUT2D eigenvalue weighted by atomic mass is 79.9. The van der Waals surface area contributed by atoms with Crippen LogP contribution in [-0.2, 0) is 6.42 Å². The molecule has 0 saturated carbocycles. The minimum atomic E-state index is 0.605. The topological polar surface area (TPSA) is 54.7 Å². The first-order valence-corrected chi connectivity index (χ1v) is 5.60. The van der Waals surface area contributed by atoms with Gasteiger partial charge in [0.25, 0.3) is 0 Å². The van der Waals surface area contributed by atoms with E-state index in [2.05, 4.69) is 25.9 Å². The van der Waals surface area contributed by atoms with Crippen molar-refractivity contribution in [3.8, 4) is 11.3 Å². The average molecular weight is 266 g/mol. The second kappa shape index (κ2) is 4.59. The van der Waals surface area contributed by atoms with Crippen molar-refractivity contribution in [1.82, 2.24) is 9.97 Å². The van der Waals surface area contributed by atoms with Gasteiger partial charge in [-0.05, 0) is 22.5 Å². The molecule has 4 heteroatoms. The van der Waals surface area contributed by atoms with Crippen LogP contribution in [0.2, 0.25) is 0 Å². The van der Waals surface area contributed by atoms with Crippen molar-refractivity contribution in [2.75, 3.05) is 6.54 Å². The lowest BCUT2D eigenvalue weighted by molar-refractivity contribution is 0.893. The summed E-state index contributed by atoms with van der Waals surface area (Å²) >= 11 is 3.46. The lowest BCUT2D eigenvalue weighted by atomic mass is 10.2. The van der Waals surface area contributed by atoms with Crippen LogP contribution >= 0.6 is 15.9 Å². The van der Waals surface area contributed by atoms with Gasteiger partial charge in [-0.3, -0.25) is 0 Å². The predicted octanol–water partition coefficient (Wildman–Crippen LogP) is 2.34. The maximum atomic E-state index is 5.48. The van der Waals surface area contributed by atoms with Gasteiger partial charge in [0.05, 0.1) is 0 Å². The fourth-order valence-corrected chi connectivity index (χ4v) is 1.99. The minimum absolute atomic E-state index is 0.605. The number of hydrogen-bond donors (Lipinski definition) is 2. The molecule has 0 aliphatic carbocycles. The Bertz CT molecular complexity index is 436. The van der Waals surface area contributed by atoms with Crippen LogP contribution in [-0.4, -0.2) is 16.5 Å². The third kappa shape index (κ3) is 2.27. The van der Waals surface area contributed by atoms with E-state index in [1.807, 2.05) is 30.3 Å². The number of H-pyrrole nitrogens is 1. The van der Waals surface area contributed by atoms with Crippen LogP contribution in [0.5, 0.6) is 0 Å². The Balaban J connectivity index is 2.36. The normalized spacial score (nSPS) is 10.5. The van der Waals surface area contributed by atoms with Crippen molar-refractivity contribution in [3.63, 3.8) is 0 Å². The summed E-state index contributed by atoms with van der Waals surface area (Å²) in [6.07, 6.45) is 0.769. The first kappa shape index (κ1) is 10.4. The molecule has 1 aromatic carbocycles. The number of nitrogens with one attached hydrogen (secondary N) is 1. The molecule has 0 radical (unpaired) electrons. The largest absolute Gasteiger partial charge is 0.336 e. The van der Waals surface area contributed by atoms with Crippen molar-refractivity contribution >= 4 is 15.9 Å². The fourth-order valence-electron chi connectivity index (χ4n) is 1.44. The maximum absolute atomic E-state index is 5.48. The summed E-state index contributed by atoms with van der Waals surface area (Å²) in [6, 6.07) is 10.1. The highest BCUT2D eigenvalue weighted by Gasteiger charge is 2.08. The SMILES string of the molecule is NCCc1nc(-c2ccccc2)c(Br)[nH]1. The summed E-state index contributed by atoms with van der Waals surface area (Å²) in [4.78, 5) is 7.66. The summed E-state index contributed by atoms with van der Waals surface area (Å²) in [5, 5.41) is 0. The van der Waals surface area contributed by atoms with E-state index in [0.29, 0.717) is 6.54 Å². The number of halogens is 1. The Morgan fingerprint density at radius 3 is 2.67 bits per heavy atom. The zero-order chi connectivity index (χ0) is 10.7. The first-order chi connectivity index (χ1) is 7.31. The maximum Gasteiger partial charge on any atom is 0.110 e. The number of hydrogen-bond acceptors (Lipinski definition) is 2. The van der Waals surface area contributed by atoms with Crippen molar-refractivity contribution in [2.45, 2.75) is 6.42 Å². The summed E-state index contributed by atoms with van der Waals surface area (Å²) in [6.45, 7) is 0.605. The molecule has 3 nitrogen and oxygen atoms in total. The highest BCUT2D eigenvalue weighted by Crippen LogP contribution is 2.25. The van der Waals surface area contributed by atoms with Crippen LogP contribution in [0.15, 0.2) is 34.9 Å². The van der Waals surface area contributed by atoms with Crippen molar-refractivity contribution in [1.29, 1.82) is 0 Å². The number of aromatic amines is 1. The fraction of sp³-hybridized carbons (Fsp3) is 0.182. The van der Waals surface area contributed by atoms with Crippen LogP contribution in [0.25, 0.3) is 11.3 Å².